The van der Waals surface area contributed by atoms with Gasteiger partial charge >= 0.3 is 0 Å². The van der Waals surface area contributed by atoms with Crippen molar-refractivity contribution in [1.29, 1.82) is 0 Å². The lowest BCUT2D eigenvalue weighted by molar-refractivity contribution is 0.0806. The fraction of sp³-hybridized carbons (Fsp3) is 0.429. The van der Waals surface area contributed by atoms with Crippen molar-refractivity contribution in [2.45, 2.75) is 73.0 Å². The Labute approximate surface area is 212 Å². The Morgan fingerprint density at radius 1 is 1.03 bits per heavy atom. The molecular weight excluding hydrogens is 450 g/mol. The van der Waals surface area contributed by atoms with Gasteiger partial charge in [-0.3, -0.25) is 0 Å². The molecule has 188 valence electrons. The third-order valence-corrected chi connectivity index (χ3v) is 6.81. The smallest absolute Gasteiger partial charge is 0.159 e. The molecule has 4 aromatic rings. The largest absolute Gasteiger partial charge is 0.390 e. The van der Waals surface area contributed by atoms with Gasteiger partial charge in [0.1, 0.15) is 18.0 Å². The number of hydrogen-bond acceptors (Lipinski definition) is 6. The van der Waals surface area contributed by atoms with E-state index in [0.717, 1.165) is 46.1 Å². The molecule has 0 radical (unpaired) electrons. The maximum atomic E-state index is 10.3. The van der Waals surface area contributed by atoms with Crippen molar-refractivity contribution in [3.05, 3.63) is 64.7 Å². The molecule has 0 amide bonds. The summed E-state index contributed by atoms with van der Waals surface area (Å²) in [7, 11) is 0. The van der Waals surface area contributed by atoms with Crippen LogP contribution in [0.25, 0.3) is 17.1 Å². The van der Waals surface area contributed by atoms with Gasteiger partial charge in [0.15, 0.2) is 5.82 Å². The zero-order chi connectivity index (χ0) is 25.6. The van der Waals surface area contributed by atoms with E-state index in [1.54, 1.807) is 6.33 Å². The van der Waals surface area contributed by atoms with Crippen LogP contribution in [-0.4, -0.2) is 40.2 Å². The highest BCUT2D eigenvalue weighted by molar-refractivity contribution is 5.71. The second-order valence-electron chi connectivity index (χ2n) is 10.8. The number of aryl methyl sites for hydroxylation is 2. The molecular formula is C28H35N7O. The molecule has 0 saturated heterocycles. The third-order valence-electron chi connectivity index (χ3n) is 6.81. The number of nitrogens with zero attached hydrogens (tertiary/aromatic N) is 6. The van der Waals surface area contributed by atoms with Gasteiger partial charge in [-0.05, 0) is 65.9 Å². The van der Waals surface area contributed by atoms with E-state index < -0.39 is 5.60 Å². The predicted octanol–water partition coefficient (Wildman–Crippen LogP) is 5.23. The molecule has 1 fully saturated rings. The molecule has 0 atom stereocenters. The summed E-state index contributed by atoms with van der Waals surface area (Å²) in [6.45, 7) is 12.7. The van der Waals surface area contributed by atoms with Gasteiger partial charge in [-0.1, -0.05) is 29.8 Å². The van der Waals surface area contributed by atoms with E-state index in [4.69, 9.17) is 10.2 Å². The van der Waals surface area contributed by atoms with Gasteiger partial charge < -0.3 is 10.4 Å². The average Bonchev–Trinajstić information content (AvgIpc) is 3.54. The highest BCUT2D eigenvalue weighted by Gasteiger charge is 2.26. The highest BCUT2D eigenvalue weighted by Crippen LogP contribution is 2.35. The Bertz CT molecular complexity index is 1390. The van der Waals surface area contributed by atoms with E-state index in [1.165, 1.54) is 18.4 Å². The summed E-state index contributed by atoms with van der Waals surface area (Å²) in [6.07, 6.45) is 4.59. The van der Waals surface area contributed by atoms with Gasteiger partial charge in [-0.15, -0.1) is 0 Å². The summed E-state index contributed by atoms with van der Waals surface area (Å²) in [6, 6.07) is 10.4. The number of benzene rings is 1. The fourth-order valence-electron chi connectivity index (χ4n) is 4.61. The Morgan fingerprint density at radius 3 is 2.42 bits per heavy atom. The highest BCUT2D eigenvalue weighted by atomic mass is 16.3. The van der Waals surface area contributed by atoms with Crippen molar-refractivity contribution in [3.63, 3.8) is 0 Å². The Morgan fingerprint density at radius 2 is 1.75 bits per heavy atom. The van der Waals surface area contributed by atoms with E-state index in [1.807, 2.05) is 38.4 Å². The van der Waals surface area contributed by atoms with E-state index in [-0.39, 0.29) is 0 Å². The molecule has 0 spiro atoms. The molecule has 1 aliphatic carbocycles. The van der Waals surface area contributed by atoms with Crippen LogP contribution in [0.1, 0.15) is 54.8 Å². The lowest BCUT2D eigenvalue weighted by Crippen LogP contribution is -2.22. The summed E-state index contributed by atoms with van der Waals surface area (Å²) < 4.78 is 3.92. The number of aliphatic hydroxyl groups is 1. The van der Waals surface area contributed by atoms with Crippen LogP contribution in [0.4, 0.5) is 11.6 Å². The van der Waals surface area contributed by atoms with Gasteiger partial charge in [0, 0.05) is 35.9 Å². The Hall–Kier alpha value is -3.52. The summed E-state index contributed by atoms with van der Waals surface area (Å²) in [5.41, 5.74) is 6.52. The first-order valence-electron chi connectivity index (χ1n) is 12.6. The molecule has 5 rings (SSSR count). The first kappa shape index (κ1) is 24.2. The van der Waals surface area contributed by atoms with E-state index in [9.17, 15) is 5.11 Å². The SMILES string of the molecule is Cc1ccc(-c2nn(CC3CC3)c(Nc3cc(-n4nc(C)c(CC(C)(C)O)c4C)ncn3)c2C)cc1. The van der Waals surface area contributed by atoms with Gasteiger partial charge in [0.25, 0.3) is 0 Å². The van der Waals surface area contributed by atoms with Gasteiger partial charge in [0.05, 0.1) is 17.0 Å². The van der Waals surface area contributed by atoms with Crippen LogP contribution in [0.2, 0.25) is 0 Å². The van der Waals surface area contributed by atoms with Crippen LogP contribution in [0.5, 0.6) is 0 Å². The van der Waals surface area contributed by atoms with Crippen LogP contribution in [0.3, 0.4) is 0 Å². The Kier molecular flexibility index (Phi) is 6.16. The molecule has 0 bridgehead atoms. The van der Waals surface area contributed by atoms with Crippen LogP contribution in [0.15, 0.2) is 36.7 Å². The van der Waals surface area contributed by atoms with Crippen molar-refractivity contribution >= 4 is 11.6 Å². The van der Waals surface area contributed by atoms with Crippen molar-refractivity contribution in [2.75, 3.05) is 5.32 Å². The lowest BCUT2D eigenvalue weighted by atomic mass is 9.97. The number of anilines is 2. The van der Waals surface area contributed by atoms with E-state index >= 15 is 0 Å². The quantitative estimate of drug-likeness (QED) is 0.355. The lowest BCUT2D eigenvalue weighted by Gasteiger charge is -2.17. The molecule has 2 N–H and O–H groups in total. The number of hydrogen-bond donors (Lipinski definition) is 2. The predicted molar refractivity (Wildman–Crippen MR) is 142 cm³/mol. The molecule has 3 heterocycles. The molecule has 8 nitrogen and oxygen atoms in total. The maximum absolute atomic E-state index is 10.3. The summed E-state index contributed by atoms with van der Waals surface area (Å²) in [4.78, 5) is 9.00. The molecule has 8 heteroatoms. The van der Waals surface area contributed by atoms with Crippen LogP contribution >= 0.6 is 0 Å². The van der Waals surface area contributed by atoms with Crippen LogP contribution in [0, 0.1) is 33.6 Å². The minimum Gasteiger partial charge on any atom is -0.390 e. The van der Waals surface area contributed by atoms with Crippen molar-refractivity contribution < 1.29 is 5.11 Å². The molecule has 0 unspecified atom stereocenters. The topological polar surface area (TPSA) is 93.7 Å². The molecule has 1 aliphatic rings. The van der Waals surface area contributed by atoms with Gasteiger partial charge in [-0.25, -0.2) is 19.3 Å². The summed E-state index contributed by atoms with van der Waals surface area (Å²) in [5.74, 6) is 3.01. The van der Waals surface area contributed by atoms with Gasteiger partial charge in [-0.2, -0.15) is 10.2 Å². The monoisotopic (exact) mass is 485 g/mol. The molecule has 0 aliphatic heterocycles. The second kappa shape index (κ2) is 9.17. The third kappa shape index (κ3) is 5.04. The first-order valence-corrected chi connectivity index (χ1v) is 12.6. The van der Waals surface area contributed by atoms with Crippen molar-refractivity contribution in [1.82, 2.24) is 29.5 Å². The molecule has 1 saturated carbocycles. The molecule has 36 heavy (non-hydrogen) atoms. The fourth-order valence-corrected chi connectivity index (χ4v) is 4.61. The molecule has 1 aromatic carbocycles. The van der Waals surface area contributed by atoms with Crippen LogP contribution in [-0.2, 0) is 13.0 Å². The zero-order valence-corrected chi connectivity index (χ0v) is 22.0. The van der Waals surface area contributed by atoms with Gasteiger partial charge in [0.2, 0.25) is 0 Å². The summed E-state index contributed by atoms with van der Waals surface area (Å²) >= 11 is 0. The minimum atomic E-state index is -0.811. The minimum absolute atomic E-state index is 0.530. The average molecular weight is 486 g/mol. The van der Waals surface area contributed by atoms with E-state index in [0.29, 0.717) is 24.0 Å². The first-order chi connectivity index (χ1) is 17.1. The van der Waals surface area contributed by atoms with E-state index in [2.05, 4.69) is 58.1 Å². The Balaban J connectivity index is 1.49. The van der Waals surface area contributed by atoms with Crippen LogP contribution < -0.4 is 5.32 Å². The standard InChI is InChI=1S/C28H35N7O/c1-17-7-11-22(12-8-17)26-18(2)27(34(33-26)15-21-9-10-21)31-24-13-25(30-16-29-24)35-20(4)23(19(3)32-35)14-28(5,6)36/h7-8,11-13,16,21,36H,9-10,14-15H2,1-6H3,(H,29,30,31). The summed E-state index contributed by atoms with van der Waals surface area (Å²) in [5, 5.41) is 23.6. The zero-order valence-electron chi connectivity index (χ0n) is 22.0. The maximum Gasteiger partial charge on any atom is 0.159 e. The second-order valence-corrected chi connectivity index (χ2v) is 10.8. The number of rotatable bonds is 8. The number of aromatic nitrogens is 6. The molecule has 3 aromatic heterocycles. The van der Waals surface area contributed by atoms with Crippen molar-refractivity contribution in [2.24, 2.45) is 5.92 Å². The normalized spacial score (nSPS) is 13.9. The van der Waals surface area contributed by atoms with Crippen molar-refractivity contribution in [3.8, 4) is 17.1 Å². The number of nitrogens with one attached hydrogen (secondary N) is 1.